The molecule has 226 valence electrons. The molecule has 0 fully saturated rings. The zero-order valence-electron chi connectivity index (χ0n) is 25.2. The number of aryl methyl sites for hydroxylation is 1. The van der Waals surface area contributed by atoms with Crippen LogP contribution in [0.15, 0.2) is 72.8 Å². The van der Waals surface area contributed by atoms with E-state index >= 15 is 0 Å². The number of nitrogens with one attached hydrogen (secondary N) is 1. The summed E-state index contributed by atoms with van der Waals surface area (Å²) in [7, 11) is -0.976. The normalized spacial score (nSPS) is 12.0. The van der Waals surface area contributed by atoms with Crippen LogP contribution in [-0.2, 0) is 32.6 Å². The summed E-state index contributed by atoms with van der Waals surface area (Å²) in [4.78, 5) is 29.3. The number of hydrogen-bond acceptors (Lipinski definition) is 6. The van der Waals surface area contributed by atoms with Crippen LogP contribution < -0.4 is 19.1 Å². The molecule has 0 bridgehead atoms. The summed E-state index contributed by atoms with van der Waals surface area (Å²) in [5.74, 6) is 0.134. The molecule has 0 aliphatic heterocycles. The maximum absolute atomic E-state index is 14.2. The van der Waals surface area contributed by atoms with Crippen LogP contribution in [0.1, 0.15) is 30.5 Å². The summed E-state index contributed by atoms with van der Waals surface area (Å²) in [5.41, 5.74) is 3.00. The number of benzene rings is 3. The highest BCUT2D eigenvalue weighted by Crippen LogP contribution is 2.32. The minimum absolute atomic E-state index is 0.120. The highest BCUT2D eigenvalue weighted by Gasteiger charge is 2.33. The van der Waals surface area contributed by atoms with Gasteiger partial charge in [-0.05, 0) is 36.1 Å². The summed E-state index contributed by atoms with van der Waals surface area (Å²) in [6.45, 7) is 6.01. The Morgan fingerprint density at radius 3 is 2.10 bits per heavy atom. The Hall–Kier alpha value is -4.05. The van der Waals surface area contributed by atoms with Crippen molar-refractivity contribution in [2.24, 2.45) is 5.92 Å². The van der Waals surface area contributed by atoms with Crippen molar-refractivity contribution >= 4 is 27.5 Å². The number of rotatable bonds is 14. The van der Waals surface area contributed by atoms with Gasteiger partial charge in [0.15, 0.2) is 11.5 Å². The molecule has 9 nitrogen and oxygen atoms in total. The predicted molar refractivity (Wildman–Crippen MR) is 165 cm³/mol. The van der Waals surface area contributed by atoms with Gasteiger partial charge in [-0.25, -0.2) is 8.42 Å². The molecule has 0 heterocycles. The fourth-order valence-electron chi connectivity index (χ4n) is 4.46. The highest BCUT2D eigenvalue weighted by molar-refractivity contribution is 7.92. The van der Waals surface area contributed by atoms with Crippen molar-refractivity contribution in [3.63, 3.8) is 0 Å². The smallest absolute Gasteiger partial charge is 0.244 e. The Kier molecular flexibility index (Phi) is 11.4. The molecule has 2 amide bonds. The van der Waals surface area contributed by atoms with Crippen molar-refractivity contribution < 1.29 is 27.5 Å². The lowest BCUT2D eigenvalue weighted by Gasteiger charge is -2.33. The summed E-state index contributed by atoms with van der Waals surface area (Å²) >= 11 is 0. The van der Waals surface area contributed by atoms with Crippen molar-refractivity contribution in [2.75, 3.05) is 37.9 Å². The monoisotopic (exact) mass is 595 g/mol. The van der Waals surface area contributed by atoms with Crippen LogP contribution in [-0.4, -0.2) is 64.7 Å². The minimum Gasteiger partial charge on any atom is -0.493 e. The molecule has 0 aliphatic carbocycles. The Morgan fingerprint density at radius 2 is 1.52 bits per heavy atom. The first-order chi connectivity index (χ1) is 19.9. The van der Waals surface area contributed by atoms with Crippen LogP contribution in [0.5, 0.6) is 11.5 Å². The Labute approximate surface area is 249 Å². The molecule has 1 atom stereocenters. The van der Waals surface area contributed by atoms with E-state index in [9.17, 15) is 18.0 Å². The third-order valence-electron chi connectivity index (χ3n) is 6.76. The number of hydrogen-bond donors (Lipinski definition) is 1. The molecular weight excluding hydrogens is 554 g/mol. The van der Waals surface area contributed by atoms with Crippen molar-refractivity contribution in [1.82, 2.24) is 10.2 Å². The van der Waals surface area contributed by atoms with Gasteiger partial charge in [-0.2, -0.15) is 0 Å². The number of nitrogens with zero attached hydrogens (tertiary/aromatic N) is 2. The van der Waals surface area contributed by atoms with Gasteiger partial charge in [-0.15, -0.1) is 0 Å². The molecular formula is C32H41N3O6S. The van der Waals surface area contributed by atoms with E-state index in [1.807, 2.05) is 75.4 Å². The zero-order valence-corrected chi connectivity index (χ0v) is 26.0. The van der Waals surface area contributed by atoms with Crippen LogP contribution in [0, 0.1) is 12.8 Å². The lowest BCUT2D eigenvalue weighted by molar-refractivity contribution is -0.140. The summed E-state index contributed by atoms with van der Waals surface area (Å²) in [5, 5.41) is 2.98. The fourth-order valence-corrected chi connectivity index (χ4v) is 5.30. The van der Waals surface area contributed by atoms with Gasteiger partial charge in [0.1, 0.15) is 12.6 Å². The van der Waals surface area contributed by atoms with Gasteiger partial charge < -0.3 is 19.7 Å². The van der Waals surface area contributed by atoms with E-state index in [2.05, 4.69) is 5.32 Å². The first-order valence-electron chi connectivity index (χ1n) is 13.8. The Balaban J connectivity index is 2.06. The third-order valence-corrected chi connectivity index (χ3v) is 7.90. The fraction of sp³-hybridized carbons (Fsp3) is 0.375. The van der Waals surface area contributed by atoms with Crippen LogP contribution in [0.25, 0.3) is 0 Å². The molecule has 0 radical (unpaired) electrons. The van der Waals surface area contributed by atoms with E-state index in [4.69, 9.17) is 9.47 Å². The second-order valence-electron chi connectivity index (χ2n) is 10.7. The molecule has 3 aromatic rings. The predicted octanol–water partition coefficient (Wildman–Crippen LogP) is 4.19. The minimum atomic E-state index is -3.91. The average Bonchev–Trinajstić information content (AvgIpc) is 2.96. The summed E-state index contributed by atoms with van der Waals surface area (Å²) in [6.07, 6.45) is 1.30. The Morgan fingerprint density at radius 1 is 0.881 bits per heavy atom. The first-order valence-corrected chi connectivity index (χ1v) is 15.6. The van der Waals surface area contributed by atoms with E-state index in [0.29, 0.717) is 18.0 Å². The van der Waals surface area contributed by atoms with Crippen LogP contribution in [0.3, 0.4) is 0 Å². The molecule has 10 heteroatoms. The molecule has 1 N–H and O–H groups in total. The maximum atomic E-state index is 14.2. The summed E-state index contributed by atoms with van der Waals surface area (Å²) in [6, 6.07) is 20.9. The van der Waals surface area contributed by atoms with E-state index in [0.717, 1.165) is 27.3 Å². The highest BCUT2D eigenvalue weighted by atomic mass is 32.2. The van der Waals surface area contributed by atoms with Gasteiger partial charge in [0.05, 0.1) is 26.2 Å². The number of ether oxygens (including phenoxy) is 2. The van der Waals surface area contributed by atoms with Crippen LogP contribution in [0.4, 0.5) is 5.69 Å². The molecule has 3 rings (SSSR count). The van der Waals surface area contributed by atoms with Crippen LogP contribution in [0.2, 0.25) is 0 Å². The summed E-state index contributed by atoms with van der Waals surface area (Å²) < 4.78 is 37.7. The third kappa shape index (κ3) is 8.97. The molecule has 0 saturated heterocycles. The van der Waals surface area contributed by atoms with E-state index in [1.165, 1.54) is 25.2 Å². The van der Waals surface area contributed by atoms with Crippen molar-refractivity contribution in [3.8, 4) is 11.5 Å². The molecule has 0 saturated carbocycles. The number of carbonyl (C=O) groups excluding carboxylic acids is 2. The van der Waals surface area contributed by atoms with Gasteiger partial charge in [-0.1, -0.05) is 74.0 Å². The number of methoxy groups -OCH3 is 2. The van der Waals surface area contributed by atoms with Gasteiger partial charge in [0, 0.05) is 25.6 Å². The van der Waals surface area contributed by atoms with Crippen molar-refractivity contribution in [2.45, 2.75) is 39.8 Å². The Bertz CT molecular complexity index is 1440. The second-order valence-corrected chi connectivity index (χ2v) is 12.6. The van der Waals surface area contributed by atoms with E-state index in [-0.39, 0.29) is 30.5 Å². The van der Waals surface area contributed by atoms with Gasteiger partial charge >= 0.3 is 0 Å². The van der Waals surface area contributed by atoms with Crippen molar-refractivity contribution in [1.29, 1.82) is 0 Å². The van der Waals surface area contributed by atoms with Gasteiger partial charge in [0.25, 0.3) is 0 Å². The lowest BCUT2D eigenvalue weighted by atomic mass is 10.0. The first kappa shape index (κ1) is 32.5. The number of amides is 2. The van der Waals surface area contributed by atoms with E-state index < -0.39 is 28.5 Å². The number of carbonyl (C=O) groups is 2. The van der Waals surface area contributed by atoms with E-state index in [1.54, 1.807) is 12.1 Å². The topological polar surface area (TPSA) is 105 Å². The largest absolute Gasteiger partial charge is 0.493 e. The molecule has 1 unspecified atom stereocenters. The van der Waals surface area contributed by atoms with Gasteiger partial charge in [0.2, 0.25) is 21.8 Å². The zero-order chi connectivity index (χ0) is 30.9. The van der Waals surface area contributed by atoms with Crippen LogP contribution >= 0.6 is 0 Å². The number of sulfonamides is 1. The number of anilines is 1. The molecule has 0 aliphatic rings. The molecule has 3 aromatic carbocycles. The van der Waals surface area contributed by atoms with Crippen molar-refractivity contribution in [3.05, 3.63) is 89.5 Å². The maximum Gasteiger partial charge on any atom is 0.244 e. The van der Waals surface area contributed by atoms with Gasteiger partial charge in [-0.3, -0.25) is 13.9 Å². The quantitative estimate of drug-likeness (QED) is 0.300. The standard InChI is InChI=1S/C32H41N3O6S/c1-23(2)20-33-32(37)28(18-25-10-8-7-9-11-25)34(21-26-14-12-24(3)13-15-26)31(36)22-35(42(6,38)39)27-16-17-29(40-4)30(19-27)41-5/h7-17,19,23,28H,18,20-22H2,1-6H3,(H,33,37). The molecule has 0 spiro atoms. The lowest BCUT2D eigenvalue weighted by Crippen LogP contribution is -2.53. The second kappa shape index (κ2) is 14.7. The molecule has 42 heavy (non-hydrogen) atoms. The molecule has 0 aromatic heterocycles. The average molecular weight is 596 g/mol. The SMILES string of the molecule is COc1ccc(N(CC(=O)N(Cc2ccc(C)cc2)C(Cc2ccccc2)C(=O)NCC(C)C)S(C)(=O)=O)cc1OC.